The zero-order chi connectivity index (χ0) is 21.2. The zero-order valence-corrected chi connectivity index (χ0v) is 17.0. The number of anilines is 1. The normalized spacial score (nSPS) is 13.0. The topological polar surface area (TPSA) is 87.1 Å². The Balaban J connectivity index is 1.22. The van der Waals surface area contributed by atoms with E-state index in [1.165, 1.54) is 35.7 Å². The third-order valence-electron chi connectivity index (χ3n) is 5.77. The van der Waals surface area contributed by atoms with Crippen molar-refractivity contribution >= 4 is 28.4 Å². The molecule has 31 heavy (non-hydrogen) atoms. The maximum atomic E-state index is 12.7. The summed E-state index contributed by atoms with van der Waals surface area (Å²) in [6.45, 7) is 0.411. The standard InChI is InChI=1S/C25H23N3O3/c29-24(17-9-12-22-20(14-17)19-4-1-2-5-21(19)28-22)26-15-16-7-10-18(11-8-16)27-25(30)23-6-3-13-31-23/h3,6-14,28H,1-2,4-5,15H2,(H,26,29)(H,27,30). The Morgan fingerprint density at radius 3 is 2.61 bits per heavy atom. The van der Waals surface area contributed by atoms with Gasteiger partial charge in [0.2, 0.25) is 0 Å². The van der Waals surface area contributed by atoms with Gasteiger partial charge in [-0.25, -0.2) is 0 Å². The van der Waals surface area contributed by atoms with Gasteiger partial charge in [0.25, 0.3) is 11.8 Å². The molecule has 3 N–H and O–H groups in total. The van der Waals surface area contributed by atoms with E-state index < -0.39 is 0 Å². The van der Waals surface area contributed by atoms with Crippen LogP contribution in [0.25, 0.3) is 10.9 Å². The number of hydrogen-bond acceptors (Lipinski definition) is 3. The number of aromatic amines is 1. The first kappa shape index (κ1) is 19.2. The van der Waals surface area contributed by atoms with Crippen molar-refractivity contribution in [3.8, 4) is 0 Å². The number of carbonyl (C=O) groups is 2. The van der Waals surface area contributed by atoms with Crippen LogP contribution in [-0.2, 0) is 19.4 Å². The van der Waals surface area contributed by atoms with Gasteiger partial charge in [-0.3, -0.25) is 9.59 Å². The molecule has 0 fully saturated rings. The first-order valence-corrected chi connectivity index (χ1v) is 10.5. The van der Waals surface area contributed by atoms with Gasteiger partial charge in [-0.2, -0.15) is 0 Å². The van der Waals surface area contributed by atoms with E-state index in [-0.39, 0.29) is 17.6 Å². The smallest absolute Gasteiger partial charge is 0.291 e. The highest BCUT2D eigenvalue weighted by Crippen LogP contribution is 2.29. The monoisotopic (exact) mass is 413 g/mol. The fourth-order valence-corrected chi connectivity index (χ4v) is 4.14. The second-order valence-electron chi connectivity index (χ2n) is 7.86. The number of aryl methyl sites for hydroxylation is 2. The number of rotatable bonds is 5. The fourth-order valence-electron chi connectivity index (χ4n) is 4.14. The average Bonchev–Trinajstić information content (AvgIpc) is 3.46. The lowest BCUT2D eigenvalue weighted by Gasteiger charge is -2.11. The summed E-state index contributed by atoms with van der Waals surface area (Å²) in [6.07, 6.45) is 6.04. The van der Waals surface area contributed by atoms with Crippen LogP contribution in [0.3, 0.4) is 0 Å². The summed E-state index contributed by atoms with van der Waals surface area (Å²) in [4.78, 5) is 28.2. The lowest BCUT2D eigenvalue weighted by Crippen LogP contribution is -2.22. The van der Waals surface area contributed by atoms with E-state index in [1.807, 2.05) is 30.3 Å². The molecule has 0 bridgehead atoms. The quantitative estimate of drug-likeness (QED) is 0.438. The Morgan fingerprint density at radius 2 is 1.81 bits per heavy atom. The van der Waals surface area contributed by atoms with Crippen molar-refractivity contribution in [1.29, 1.82) is 0 Å². The molecule has 5 rings (SSSR count). The van der Waals surface area contributed by atoms with Gasteiger partial charge in [-0.05, 0) is 79.3 Å². The van der Waals surface area contributed by atoms with E-state index in [2.05, 4.69) is 15.6 Å². The van der Waals surface area contributed by atoms with Crippen LogP contribution in [0.5, 0.6) is 0 Å². The fraction of sp³-hybridized carbons (Fsp3) is 0.200. The molecule has 0 unspecified atom stereocenters. The van der Waals surface area contributed by atoms with Crippen molar-refractivity contribution in [2.24, 2.45) is 0 Å². The molecule has 0 radical (unpaired) electrons. The molecule has 156 valence electrons. The van der Waals surface area contributed by atoms with Crippen LogP contribution in [0, 0.1) is 0 Å². The zero-order valence-electron chi connectivity index (χ0n) is 17.0. The van der Waals surface area contributed by atoms with Gasteiger partial charge in [0, 0.05) is 34.4 Å². The van der Waals surface area contributed by atoms with E-state index in [1.54, 1.807) is 24.3 Å². The predicted molar refractivity (Wildman–Crippen MR) is 119 cm³/mol. The number of hydrogen-bond donors (Lipinski definition) is 3. The largest absolute Gasteiger partial charge is 0.459 e. The third kappa shape index (κ3) is 3.97. The van der Waals surface area contributed by atoms with E-state index in [9.17, 15) is 9.59 Å². The Hall–Kier alpha value is -3.80. The van der Waals surface area contributed by atoms with Crippen LogP contribution in [-0.4, -0.2) is 16.8 Å². The Labute approximate surface area is 179 Å². The molecule has 0 aliphatic heterocycles. The van der Waals surface area contributed by atoms with E-state index >= 15 is 0 Å². The van der Waals surface area contributed by atoms with Crippen LogP contribution >= 0.6 is 0 Å². The first-order chi connectivity index (χ1) is 15.2. The van der Waals surface area contributed by atoms with Crippen LogP contribution < -0.4 is 10.6 Å². The first-order valence-electron chi connectivity index (χ1n) is 10.5. The maximum Gasteiger partial charge on any atom is 0.291 e. The summed E-state index contributed by atoms with van der Waals surface area (Å²) in [5.74, 6) is -0.131. The highest BCUT2D eigenvalue weighted by Gasteiger charge is 2.17. The number of benzene rings is 2. The van der Waals surface area contributed by atoms with Crippen molar-refractivity contribution in [3.05, 3.63) is 89.0 Å². The molecule has 0 atom stereocenters. The highest BCUT2D eigenvalue weighted by atomic mass is 16.3. The molecule has 2 heterocycles. The number of H-pyrrole nitrogens is 1. The van der Waals surface area contributed by atoms with Gasteiger partial charge in [0.05, 0.1) is 6.26 Å². The summed E-state index contributed by atoms with van der Waals surface area (Å²) >= 11 is 0. The summed E-state index contributed by atoms with van der Waals surface area (Å²) in [7, 11) is 0. The number of nitrogens with one attached hydrogen (secondary N) is 3. The molecule has 4 aromatic rings. The molecule has 6 heteroatoms. The Morgan fingerprint density at radius 1 is 0.968 bits per heavy atom. The van der Waals surface area contributed by atoms with Crippen molar-refractivity contribution in [3.63, 3.8) is 0 Å². The lowest BCUT2D eigenvalue weighted by atomic mass is 9.95. The Kier molecular flexibility index (Phi) is 5.04. The van der Waals surface area contributed by atoms with Crippen molar-refractivity contribution in [2.45, 2.75) is 32.2 Å². The second-order valence-corrected chi connectivity index (χ2v) is 7.86. The second kappa shape index (κ2) is 8.14. The van der Waals surface area contributed by atoms with Gasteiger partial charge < -0.3 is 20.0 Å². The van der Waals surface area contributed by atoms with Crippen molar-refractivity contribution in [1.82, 2.24) is 10.3 Å². The Bertz CT molecular complexity index is 1240. The minimum atomic E-state index is -0.298. The van der Waals surface area contributed by atoms with E-state index in [0.29, 0.717) is 17.8 Å². The van der Waals surface area contributed by atoms with Crippen LogP contribution in [0.1, 0.15) is 50.6 Å². The highest BCUT2D eigenvalue weighted by molar-refractivity contribution is 6.02. The minimum absolute atomic E-state index is 0.0946. The molecule has 1 aliphatic rings. The lowest BCUT2D eigenvalue weighted by molar-refractivity contribution is 0.0950. The molecule has 2 aromatic carbocycles. The molecule has 1 aliphatic carbocycles. The van der Waals surface area contributed by atoms with Gasteiger partial charge in [-0.1, -0.05) is 12.1 Å². The number of fused-ring (bicyclic) bond motifs is 3. The molecule has 2 aromatic heterocycles. The van der Waals surface area contributed by atoms with Gasteiger partial charge in [-0.15, -0.1) is 0 Å². The molecule has 2 amide bonds. The van der Waals surface area contributed by atoms with E-state index in [0.717, 1.165) is 23.9 Å². The summed E-state index contributed by atoms with van der Waals surface area (Å²) < 4.78 is 5.09. The third-order valence-corrected chi connectivity index (χ3v) is 5.77. The van der Waals surface area contributed by atoms with Gasteiger partial charge in [0.15, 0.2) is 5.76 Å². The van der Waals surface area contributed by atoms with Crippen LogP contribution in [0.2, 0.25) is 0 Å². The molecular formula is C25H23N3O3. The number of amides is 2. The average molecular weight is 413 g/mol. The predicted octanol–water partition coefficient (Wildman–Crippen LogP) is 4.82. The van der Waals surface area contributed by atoms with Gasteiger partial charge in [0.1, 0.15) is 0 Å². The van der Waals surface area contributed by atoms with Crippen molar-refractivity contribution < 1.29 is 14.0 Å². The summed E-state index contributed by atoms with van der Waals surface area (Å²) in [5, 5.41) is 6.93. The van der Waals surface area contributed by atoms with Gasteiger partial charge >= 0.3 is 0 Å². The van der Waals surface area contributed by atoms with Crippen LogP contribution in [0.15, 0.2) is 65.3 Å². The minimum Gasteiger partial charge on any atom is -0.459 e. The van der Waals surface area contributed by atoms with Crippen LogP contribution in [0.4, 0.5) is 5.69 Å². The summed E-state index contributed by atoms with van der Waals surface area (Å²) in [5.41, 5.74) is 6.07. The number of aromatic nitrogens is 1. The maximum absolute atomic E-state index is 12.7. The molecular weight excluding hydrogens is 390 g/mol. The number of furan rings is 1. The SMILES string of the molecule is O=C(NCc1ccc(NC(=O)c2ccco2)cc1)c1ccc2[nH]c3c(c2c1)CCCC3. The molecule has 0 spiro atoms. The van der Waals surface area contributed by atoms with Crippen molar-refractivity contribution in [2.75, 3.05) is 5.32 Å². The number of carbonyl (C=O) groups excluding carboxylic acids is 2. The molecule has 6 nitrogen and oxygen atoms in total. The summed E-state index contributed by atoms with van der Waals surface area (Å²) in [6, 6.07) is 16.5. The van der Waals surface area contributed by atoms with E-state index in [4.69, 9.17) is 4.42 Å². The molecule has 0 saturated carbocycles. The molecule has 0 saturated heterocycles.